The number of hydrogen-bond donors (Lipinski definition) is 4. The van der Waals surface area contributed by atoms with Gasteiger partial charge in [-0.1, -0.05) is 11.3 Å². The molecule has 2 aromatic rings. The van der Waals surface area contributed by atoms with Gasteiger partial charge < -0.3 is 34.7 Å². The Balaban J connectivity index is 0.00000264. The lowest BCUT2D eigenvalue weighted by molar-refractivity contribution is -0.685. The second-order valence-electron chi connectivity index (χ2n) is 4.43. The van der Waals surface area contributed by atoms with Gasteiger partial charge in [-0.15, -0.1) is 0 Å². The third kappa shape index (κ3) is 4.12. The summed E-state index contributed by atoms with van der Waals surface area (Å²) in [4.78, 5) is 30.9. The number of aromatic nitrogens is 3. The molecule has 0 saturated heterocycles. The molecule has 2 rings (SSSR count). The quantitative estimate of drug-likeness (QED) is 0.379. The number of nitrogens with two attached hydrogens (primary N) is 3. The smallest absolute Gasteiger partial charge is 0.314 e. The normalized spacial score (nSPS) is 10.1. The van der Waals surface area contributed by atoms with Gasteiger partial charge in [0.1, 0.15) is 5.82 Å². The van der Waals surface area contributed by atoms with Crippen molar-refractivity contribution in [3.05, 3.63) is 33.7 Å². The highest BCUT2D eigenvalue weighted by atomic mass is 35.5. The molecule has 0 aliphatic carbocycles. The van der Waals surface area contributed by atoms with Crippen LogP contribution in [-0.4, -0.2) is 33.5 Å². The molecule has 0 saturated carbocycles. The Kier molecular flexibility index (Phi) is 6.37. The van der Waals surface area contributed by atoms with Crippen LogP contribution in [0.2, 0.25) is 0 Å². The highest BCUT2D eigenvalue weighted by Crippen LogP contribution is 2.14. The van der Waals surface area contributed by atoms with Gasteiger partial charge in [0.15, 0.2) is 6.54 Å². The molecule has 11 heteroatoms. The second-order valence-corrected chi connectivity index (χ2v) is 5.37. The van der Waals surface area contributed by atoms with Crippen LogP contribution in [0, 0.1) is 0 Å². The molecule has 2 aromatic heterocycles. The molecule has 9 nitrogen and oxygen atoms in total. The molecule has 23 heavy (non-hydrogen) atoms. The molecular formula is C12H15ClN6O3S. The van der Waals surface area contributed by atoms with E-state index in [0.29, 0.717) is 22.6 Å². The Bertz CT molecular complexity index is 736. The summed E-state index contributed by atoms with van der Waals surface area (Å²) in [7, 11) is 0. The van der Waals surface area contributed by atoms with Crippen LogP contribution >= 0.6 is 11.3 Å². The fraction of sp³-hybridized carbons (Fsp3) is 0.250. The zero-order valence-electron chi connectivity index (χ0n) is 11.9. The van der Waals surface area contributed by atoms with Crippen LogP contribution in [0.25, 0.3) is 0 Å². The molecule has 2 amide bonds. The summed E-state index contributed by atoms with van der Waals surface area (Å²) in [5.41, 5.74) is 18.8. The number of halogens is 1. The number of hydrogen-bond acceptors (Lipinski definition) is 7. The molecule has 0 spiro atoms. The van der Waals surface area contributed by atoms with Gasteiger partial charge in [-0.25, -0.2) is 9.97 Å². The van der Waals surface area contributed by atoms with E-state index in [4.69, 9.17) is 22.3 Å². The Labute approximate surface area is 141 Å². The van der Waals surface area contributed by atoms with Crippen LogP contribution in [0.5, 0.6) is 0 Å². The number of aliphatic hydroxyl groups is 1. The number of primary amides is 2. The minimum absolute atomic E-state index is 0. The van der Waals surface area contributed by atoms with E-state index < -0.39 is 11.8 Å². The Morgan fingerprint density at radius 2 is 2.00 bits per heavy atom. The van der Waals surface area contributed by atoms with Crippen molar-refractivity contribution in [3.63, 3.8) is 0 Å². The molecule has 0 unspecified atom stereocenters. The van der Waals surface area contributed by atoms with E-state index in [1.165, 1.54) is 17.5 Å². The van der Waals surface area contributed by atoms with Gasteiger partial charge in [-0.05, 0) is 0 Å². The van der Waals surface area contributed by atoms with Crippen LogP contribution in [0.4, 0.5) is 5.82 Å². The summed E-state index contributed by atoms with van der Waals surface area (Å²) in [5, 5.41) is 9.01. The number of anilines is 1. The number of aliphatic hydroxyl groups excluding tert-OH is 1. The van der Waals surface area contributed by atoms with Crippen molar-refractivity contribution in [1.29, 1.82) is 0 Å². The summed E-state index contributed by atoms with van der Waals surface area (Å²) < 4.78 is 1.61. The number of carbonyl (C=O) groups excluding carboxylic acids is 2. The van der Waals surface area contributed by atoms with E-state index in [1.807, 2.05) is 0 Å². The Morgan fingerprint density at radius 1 is 1.30 bits per heavy atom. The van der Waals surface area contributed by atoms with Crippen LogP contribution in [-0.2, 0) is 13.0 Å². The SMILES string of the molecule is NC(=O)c1ncc(C[n+]2csc(CCO)c2C(N)=O)c(N)n1.[Cl-]. The van der Waals surface area contributed by atoms with Gasteiger partial charge in [0.25, 0.3) is 11.6 Å². The number of nitrogens with zero attached hydrogens (tertiary/aromatic N) is 3. The van der Waals surface area contributed by atoms with Crippen molar-refractivity contribution in [2.45, 2.75) is 13.0 Å². The molecule has 0 aliphatic heterocycles. The fourth-order valence-electron chi connectivity index (χ4n) is 1.91. The Hall–Kier alpha value is -2.30. The van der Waals surface area contributed by atoms with Crippen molar-refractivity contribution in [3.8, 4) is 0 Å². The number of amides is 2. The maximum Gasteiger partial charge on any atom is 0.314 e. The maximum atomic E-state index is 11.6. The standard InChI is InChI=1S/C12H14N6O3S.ClH/c13-9-6(3-16-12(17-9)11(15)21)4-18-5-22-7(1-2-19)8(18)10(14)20;/h3,5,19H,1-2,4H2,(H5-,13,14,15,16,17,20,21);1H. The first kappa shape index (κ1) is 18.7. The average Bonchev–Trinajstić information content (AvgIpc) is 2.84. The molecule has 0 bridgehead atoms. The summed E-state index contributed by atoms with van der Waals surface area (Å²) in [6, 6.07) is 0. The van der Waals surface area contributed by atoms with Crippen molar-refractivity contribution >= 4 is 29.0 Å². The molecule has 2 heterocycles. The van der Waals surface area contributed by atoms with Crippen molar-refractivity contribution in [1.82, 2.24) is 9.97 Å². The van der Waals surface area contributed by atoms with Crippen LogP contribution < -0.4 is 34.2 Å². The first-order chi connectivity index (χ1) is 10.4. The van der Waals surface area contributed by atoms with Crippen LogP contribution in [0.1, 0.15) is 31.5 Å². The average molecular weight is 359 g/mol. The highest BCUT2D eigenvalue weighted by molar-refractivity contribution is 7.09. The van der Waals surface area contributed by atoms with E-state index in [9.17, 15) is 9.59 Å². The minimum Gasteiger partial charge on any atom is -1.00 e. The molecule has 7 N–H and O–H groups in total. The van der Waals surface area contributed by atoms with Gasteiger partial charge in [-0.2, -0.15) is 4.57 Å². The van der Waals surface area contributed by atoms with E-state index >= 15 is 0 Å². The van der Waals surface area contributed by atoms with E-state index in [0.717, 1.165) is 0 Å². The van der Waals surface area contributed by atoms with Gasteiger partial charge in [-0.3, -0.25) is 9.59 Å². The maximum absolute atomic E-state index is 11.6. The lowest BCUT2D eigenvalue weighted by Gasteiger charge is -2.03. The van der Waals surface area contributed by atoms with Gasteiger partial charge in [0, 0.05) is 19.2 Å². The van der Waals surface area contributed by atoms with Crippen molar-refractivity contribution in [2.75, 3.05) is 12.3 Å². The molecular weight excluding hydrogens is 344 g/mol. The van der Waals surface area contributed by atoms with Crippen LogP contribution in [0.3, 0.4) is 0 Å². The number of thiazole rings is 1. The van der Waals surface area contributed by atoms with Crippen LogP contribution in [0.15, 0.2) is 11.7 Å². The first-order valence-corrected chi connectivity index (χ1v) is 7.13. The predicted molar refractivity (Wildman–Crippen MR) is 77.9 cm³/mol. The summed E-state index contributed by atoms with van der Waals surface area (Å²) in [5.74, 6) is -1.45. The monoisotopic (exact) mass is 358 g/mol. The third-order valence-corrected chi connectivity index (χ3v) is 3.95. The fourth-order valence-corrected chi connectivity index (χ4v) is 2.89. The lowest BCUT2D eigenvalue weighted by atomic mass is 10.2. The van der Waals surface area contributed by atoms with E-state index in [1.54, 1.807) is 10.1 Å². The zero-order chi connectivity index (χ0) is 16.3. The highest BCUT2D eigenvalue weighted by Gasteiger charge is 2.25. The van der Waals surface area contributed by atoms with E-state index in [2.05, 4.69) is 9.97 Å². The Morgan fingerprint density at radius 3 is 2.52 bits per heavy atom. The summed E-state index contributed by atoms with van der Waals surface area (Å²) in [6.45, 7) is 0.129. The number of nitrogen functional groups attached to an aromatic ring is 1. The number of carbonyl (C=O) groups is 2. The largest absolute Gasteiger partial charge is 1.00 e. The number of rotatable bonds is 6. The van der Waals surface area contributed by atoms with Gasteiger partial charge >= 0.3 is 5.91 Å². The zero-order valence-corrected chi connectivity index (χ0v) is 13.5. The van der Waals surface area contributed by atoms with Crippen molar-refractivity contribution in [2.24, 2.45) is 11.5 Å². The topological polar surface area (TPSA) is 162 Å². The third-order valence-electron chi connectivity index (χ3n) is 2.90. The minimum atomic E-state index is -0.774. The molecule has 0 fully saturated rings. The van der Waals surface area contributed by atoms with Gasteiger partial charge in [0.2, 0.25) is 11.3 Å². The molecule has 0 aliphatic rings. The summed E-state index contributed by atoms with van der Waals surface area (Å²) >= 11 is 1.31. The first-order valence-electron chi connectivity index (χ1n) is 6.25. The predicted octanol–water partition coefficient (Wildman–Crippen LogP) is -4.81. The van der Waals surface area contributed by atoms with E-state index in [-0.39, 0.29) is 37.2 Å². The second kappa shape index (κ2) is 7.81. The molecule has 124 valence electrons. The van der Waals surface area contributed by atoms with Crippen molar-refractivity contribution < 1.29 is 31.7 Å². The lowest BCUT2D eigenvalue weighted by Crippen LogP contribution is -3.00. The molecule has 0 aromatic carbocycles. The summed E-state index contributed by atoms with van der Waals surface area (Å²) in [6.07, 6.45) is 1.71. The molecule has 0 radical (unpaired) electrons. The molecule has 0 atom stereocenters. The van der Waals surface area contributed by atoms with Gasteiger partial charge in [0.05, 0.1) is 10.4 Å².